The normalized spacial score (nSPS) is 23.4. The Balaban J connectivity index is 1.87. The molecule has 1 saturated carbocycles. The second kappa shape index (κ2) is 7.07. The molecule has 0 bridgehead atoms. The lowest BCUT2D eigenvalue weighted by atomic mass is 9.86. The third-order valence-electron chi connectivity index (χ3n) is 4.14. The quantitative estimate of drug-likeness (QED) is 0.868. The molecule has 1 N–H and O–H groups in total. The number of hydrogen-bond donors (Lipinski definition) is 1. The zero-order chi connectivity index (χ0) is 15.4. The van der Waals surface area contributed by atoms with Crippen molar-refractivity contribution in [3.63, 3.8) is 0 Å². The third-order valence-corrected chi connectivity index (χ3v) is 5.14. The van der Waals surface area contributed by atoms with Crippen LogP contribution in [0.4, 0.5) is 0 Å². The zero-order valence-corrected chi connectivity index (χ0v) is 13.7. The molecule has 1 aliphatic carbocycles. The lowest BCUT2D eigenvalue weighted by Gasteiger charge is -2.30. The first-order chi connectivity index (χ1) is 9.99. The van der Waals surface area contributed by atoms with Crippen molar-refractivity contribution in [1.29, 1.82) is 0 Å². The Morgan fingerprint density at radius 1 is 1.38 bits per heavy atom. The second-order valence-electron chi connectivity index (χ2n) is 5.86. The zero-order valence-electron chi connectivity index (χ0n) is 12.8. The van der Waals surface area contributed by atoms with E-state index in [0.717, 1.165) is 24.8 Å². The van der Waals surface area contributed by atoms with E-state index < -0.39 is 12.1 Å². The number of carbonyl (C=O) groups excluding carboxylic acids is 2. The molecule has 1 aliphatic rings. The SMILES string of the molecule is Cc1ccsc1C(=O)O[C@H](C)C(=O)N[C@@H]1CCCC[C@@H]1C. The van der Waals surface area contributed by atoms with Gasteiger partial charge in [-0.1, -0.05) is 19.8 Å². The summed E-state index contributed by atoms with van der Waals surface area (Å²) in [5.74, 6) is -0.122. The summed E-state index contributed by atoms with van der Waals surface area (Å²) in [7, 11) is 0. The molecule has 0 saturated heterocycles. The third kappa shape index (κ3) is 4.06. The number of thiophene rings is 1. The summed E-state index contributed by atoms with van der Waals surface area (Å²) in [6.07, 6.45) is 3.78. The van der Waals surface area contributed by atoms with Crippen LogP contribution in [0.2, 0.25) is 0 Å². The van der Waals surface area contributed by atoms with E-state index in [1.807, 2.05) is 18.4 Å². The van der Waals surface area contributed by atoms with Gasteiger partial charge in [0.1, 0.15) is 4.88 Å². The molecule has 0 unspecified atom stereocenters. The van der Waals surface area contributed by atoms with E-state index in [1.54, 1.807) is 6.92 Å². The minimum absolute atomic E-state index is 0.198. The molecular formula is C16H23NO3S. The molecule has 0 aromatic carbocycles. The molecule has 5 heteroatoms. The van der Waals surface area contributed by atoms with Gasteiger partial charge in [0.25, 0.3) is 5.91 Å². The van der Waals surface area contributed by atoms with Gasteiger partial charge in [-0.25, -0.2) is 4.79 Å². The van der Waals surface area contributed by atoms with Crippen LogP contribution in [0.1, 0.15) is 54.8 Å². The largest absolute Gasteiger partial charge is 0.448 e. The second-order valence-corrected chi connectivity index (χ2v) is 6.77. The number of nitrogens with one attached hydrogen (secondary N) is 1. The lowest BCUT2D eigenvalue weighted by Crippen LogP contribution is -2.45. The summed E-state index contributed by atoms with van der Waals surface area (Å²) in [5, 5.41) is 4.87. The van der Waals surface area contributed by atoms with Gasteiger partial charge in [-0.05, 0) is 49.6 Å². The van der Waals surface area contributed by atoms with Gasteiger partial charge in [0.2, 0.25) is 0 Å². The molecule has 116 valence electrons. The molecule has 1 amide bonds. The van der Waals surface area contributed by atoms with Gasteiger partial charge >= 0.3 is 5.97 Å². The van der Waals surface area contributed by atoms with Gasteiger partial charge in [0.15, 0.2) is 6.10 Å². The van der Waals surface area contributed by atoms with Crippen molar-refractivity contribution in [3.8, 4) is 0 Å². The number of amides is 1. The maximum Gasteiger partial charge on any atom is 0.349 e. The predicted octanol–water partition coefficient (Wildman–Crippen LogP) is 3.30. The molecule has 1 aromatic heterocycles. The highest BCUT2D eigenvalue weighted by Gasteiger charge is 2.26. The predicted molar refractivity (Wildman–Crippen MR) is 83.5 cm³/mol. The van der Waals surface area contributed by atoms with Crippen molar-refractivity contribution in [3.05, 3.63) is 21.9 Å². The van der Waals surface area contributed by atoms with Crippen molar-refractivity contribution in [2.45, 2.75) is 58.6 Å². The number of aryl methyl sites for hydroxylation is 1. The van der Waals surface area contributed by atoms with Crippen molar-refractivity contribution < 1.29 is 14.3 Å². The molecule has 2 rings (SSSR count). The smallest absolute Gasteiger partial charge is 0.349 e. The van der Waals surface area contributed by atoms with E-state index in [9.17, 15) is 9.59 Å². The highest BCUT2D eigenvalue weighted by Crippen LogP contribution is 2.24. The molecule has 4 nitrogen and oxygen atoms in total. The molecule has 0 aliphatic heterocycles. The maximum atomic E-state index is 12.2. The monoisotopic (exact) mass is 309 g/mol. The van der Waals surface area contributed by atoms with Crippen LogP contribution in [-0.2, 0) is 9.53 Å². The first-order valence-corrected chi connectivity index (χ1v) is 8.42. The van der Waals surface area contributed by atoms with Crippen molar-refractivity contribution in [2.24, 2.45) is 5.92 Å². The molecular weight excluding hydrogens is 286 g/mol. The minimum Gasteiger partial charge on any atom is -0.448 e. The Bertz CT molecular complexity index is 511. The first kappa shape index (κ1) is 16.0. The molecule has 0 spiro atoms. The van der Waals surface area contributed by atoms with Crippen LogP contribution in [0.5, 0.6) is 0 Å². The van der Waals surface area contributed by atoms with Crippen molar-refractivity contribution >= 4 is 23.2 Å². The van der Waals surface area contributed by atoms with Gasteiger partial charge in [0.05, 0.1) is 0 Å². The summed E-state index contributed by atoms with van der Waals surface area (Å²) >= 11 is 1.34. The fourth-order valence-corrected chi connectivity index (χ4v) is 3.49. The van der Waals surface area contributed by atoms with Crippen molar-refractivity contribution in [1.82, 2.24) is 5.32 Å². The number of esters is 1. The van der Waals surface area contributed by atoms with Gasteiger partial charge in [-0.15, -0.1) is 11.3 Å². The average molecular weight is 309 g/mol. The van der Waals surface area contributed by atoms with Gasteiger partial charge in [-0.3, -0.25) is 4.79 Å². The number of rotatable bonds is 4. The summed E-state index contributed by atoms with van der Waals surface area (Å²) in [5.41, 5.74) is 0.888. The Hall–Kier alpha value is -1.36. The van der Waals surface area contributed by atoms with Crippen LogP contribution in [-0.4, -0.2) is 24.0 Å². The molecule has 1 heterocycles. The molecule has 1 aromatic rings. The van der Waals surface area contributed by atoms with Gasteiger partial charge in [-0.2, -0.15) is 0 Å². The lowest BCUT2D eigenvalue weighted by molar-refractivity contribution is -0.130. The summed E-state index contributed by atoms with van der Waals surface area (Å²) < 4.78 is 5.27. The molecule has 21 heavy (non-hydrogen) atoms. The van der Waals surface area contributed by atoms with Gasteiger partial charge < -0.3 is 10.1 Å². The first-order valence-electron chi connectivity index (χ1n) is 7.54. The average Bonchev–Trinajstić information content (AvgIpc) is 2.87. The summed E-state index contributed by atoms with van der Waals surface area (Å²) in [4.78, 5) is 24.7. The van der Waals surface area contributed by atoms with Crippen LogP contribution in [0, 0.1) is 12.8 Å². The summed E-state index contributed by atoms with van der Waals surface area (Å²) in [6.45, 7) is 5.65. The van der Waals surface area contributed by atoms with E-state index in [0.29, 0.717) is 10.8 Å². The standard InChI is InChI=1S/C16H23NO3S/c1-10-6-4-5-7-13(10)17-15(18)12(3)20-16(19)14-11(2)8-9-21-14/h8-10,12-13H,4-7H2,1-3H3,(H,17,18)/t10-,12+,13+/m0/s1. The van der Waals surface area contributed by atoms with Crippen LogP contribution < -0.4 is 5.32 Å². The van der Waals surface area contributed by atoms with Gasteiger partial charge in [0, 0.05) is 6.04 Å². The van der Waals surface area contributed by atoms with E-state index in [-0.39, 0.29) is 11.9 Å². The number of ether oxygens (including phenoxy) is 1. The van der Waals surface area contributed by atoms with Crippen LogP contribution in [0.25, 0.3) is 0 Å². The molecule has 3 atom stereocenters. The van der Waals surface area contributed by atoms with Crippen molar-refractivity contribution in [2.75, 3.05) is 0 Å². The Labute approximate surface area is 129 Å². The number of carbonyl (C=O) groups is 2. The topological polar surface area (TPSA) is 55.4 Å². The van der Waals surface area contributed by atoms with E-state index in [2.05, 4.69) is 12.2 Å². The fourth-order valence-electron chi connectivity index (χ4n) is 2.68. The van der Waals surface area contributed by atoms with Crippen LogP contribution in [0.3, 0.4) is 0 Å². The highest BCUT2D eigenvalue weighted by atomic mass is 32.1. The Morgan fingerprint density at radius 3 is 2.71 bits per heavy atom. The van der Waals surface area contributed by atoms with E-state index in [4.69, 9.17) is 4.74 Å². The van der Waals surface area contributed by atoms with Crippen LogP contribution >= 0.6 is 11.3 Å². The molecule has 1 fully saturated rings. The minimum atomic E-state index is -0.756. The number of hydrogen-bond acceptors (Lipinski definition) is 4. The van der Waals surface area contributed by atoms with E-state index in [1.165, 1.54) is 17.8 Å². The molecule has 0 radical (unpaired) electrons. The highest BCUT2D eigenvalue weighted by molar-refractivity contribution is 7.12. The Morgan fingerprint density at radius 2 is 2.10 bits per heavy atom. The Kier molecular flexibility index (Phi) is 5.39. The van der Waals surface area contributed by atoms with Crippen LogP contribution in [0.15, 0.2) is 11.4 Å². The maximum absolute atomic E-state index is 12.2. The summed E-state index contributed by atoms with van der Waals surface area (Å²) in [6, 6.07) is 2.08. The van der Waals surface area contributed by atoms with E-state index >= 15 is 0 Å². The fraction of sp³-hybridized carbons (Fsp3) is 0.625.